The van der Waals surface area contributed by atoms with E-state index in [1.165, 1.54) is 6.07 Å². The van der Waals surface area contributed by atoms with Crippen LogP contribution in [0, 0.1) is 5.92 Å². The molecule has 0 radical (unpaired) electrons. The largest absolute Gasteiger partial charge is 0.497 e. The molecule has 0 bridgehead atoms. The fourth-order valence-corrected chi connectivity index (χ4v) is 3.76. The molecule has 1 saturated heterocycles. The summed E-state index contributed by atoms with van der Waals surface area (Å²) in [5.74, 6) is -0.0926. The van der Waals surface area contributed by atoms with Gasteiger partial charge >= 0.3 is 6.18 Å². The summed E-state index contributed by atoms with van der Waals surface area (Å²) in [7, 11) is 1.61. The van der Waals surface area contributed by atoms with Crippen LogP contribution in [-0.4, -0.2) is 52.5 Å². The van der Waals surface area contributed by atoms with Crippen molar-refractivity contribution in [2.75, 3.05) is 31.6 Å². The number of carbonyl (C=O) groups is 1. The summed E-state index contributed by atoms with van der Waals surface area (Å²) < 4.78 is 45.1. The van der Waals surface area contributed by atoms with Crippen molar-refractivity contribution in [3.63, 3.8) is 0 Å². The molecule has 1 N–H and O–H groups in total. The van der Waals surface area contributed by atoms with Gasteiger partial charge in [0.1, 0.15) is 11.6 Å². The molecule has 0 saturated carbocycles. The first kappa shape index (κ1) is 21.8. The van der Waals surface area contributed by atoms with Gasteiger partial charge in [0.25, 0.3) is 5.82 Å². The second-order valence-corrected chi connectivity index (χ2v) is 7.63. The number of alkyl halides is 3. The van der Waals surface area contributed by atoms with Gasteiger partial charge in [0.05, 0.1) is 7.11 Å². The fraction of sp³-hybridized carbons (Fsp3) is 0.429. The number of amides is 1. The van der Waals surface area contributed by atoms with Crippen LogP contribution >= 0.6 is 0 Å². The van der Waals surface area contributed by atoms with E-state index in [0.717, 1.165) is 17.7 Å². The Hall–Kier alpha value is -3.37. The molecule has 170 valence electrons. The molecular formula is C21H23F3N6O2. The van der Waals surface area contributed by atoms with Gasteiger partial charge in [0.15, 0.2) is 5.65 Å². The number of benzene rings is 1. The van der Waals surface area contributed by atoms with Gasteiger partial charge in [0, 0.05) is 25.6 Å². The summed E-state index contributed by atoms with van der Waals surface area (Å²) in [5.41, 5.74) is 1.14. The maximum absolute atomic E-state index is 13.1. The monoisotopic (exact) mass is 448 g/mol. The van der Waals surface area contributed by atoms with Gasteiger partial charge in [-0.2, -0.15) is 17.7 Å². The first-order chi connectivity index (χ1) is 15.3. The predicted octanol–water partition coefficient (Wildman–Crippen LogP) is 2.73. The Kier molecular flexibility index (Phi) is 6.15. The predicted molar refractivity (Wildman–Crippen MR) is 110 cm³/mol. The zero-order valence-electron chi connectivity index (χ0n) is 17.5. The maximum atomic E-state index is 13.1. The molecule has 3 heterocycles. The van der Waals surface area contributed by atoms with Crippen LogP contribution in [0.25, 0.3) is 5.65 Å². The average Bonchev–Trinajstić information content (AvgIpc) is 3.23. The lowest BCUT2D eigenvalue weighted by Gasteiger charge is -2.32. The fourth-order valence-electron chi connectivity index (χ4n) is 3.76. The lowest BCUT2D eigenvalue weighted by Crippen LogP contribution is -2.41. The molecule has 1 aromatic carbocycles. The lowest BCUT2D eigenvalue weighted by molar-refractivity contribution is -0.146. The van der Waals surface area contributed by atoms with Crippen molar-refractivity contribution >= 4 is 17.4 Å². The summed E-state index contributed by atoms with van der Waals surface area (Å²) in [6, 6.07) is 10.8. The molecule has 0 atom stereocenters. The molecule has 0 spiro atoms. The summed E-state index contributed by atoms with van der Waals surface area (Å²) in [5, 5.41) is 13.8. The number of ether oxygens (including phenoxy) is 1. The third-order valence-electron chi connectivity index (χ3n) is 5.56. The van der Waals surface area contributed by atoms with E-state index in [0.29, 0.717) is 42.8 Å². The summed E-state index contributed by atoms with van der Waals surface area (Å²) in [4.78, 5) is 14.4. The zero-order valence-corrected chi connectivity index (χ0v) is 17.5. The minimum absolute atomic E-state index is 0.000241. The molecule has 1 amide bonds. The van der Waals surface area contributed by atoms with E-state index in [9.17, 15) is 18.0 Å². The molecule has 11 heteroatoms. The first-order valence-electron chi connectivity index (χ1n) is 10.3. The second-order valence-electron chi connectivity index (χ2n) is 7.63. The third-order valence-corrected chi connectivity index (χ3v) is 5.56. The molecule has 1 aliphatic rings. The van der Waals surface area contributed by atoms with Gasteiger partial charge in [-0.1, -0.05) is 12.1 Å². The van der Waals surface area contributed by atoms with Crippen molar-refractivity contribution < 1.29 is 22.7 Å². The molecule has 0 unspecified atom stereocenters. The van der Waals surface area contributed by atoms with Gasteiger partial charge in [-0.05, 0) is 49.1 Å². The van der Waals surface area contributed by atoms with Crippen LogP contribution in [0.4, 0.5) is 19.0 Å². The normalized spacial score (nSPS) is 15.2. The van der Waals surface area contributed by atoms with Crippen LogP contribution in [0.2, 0.25) is 0 Å². The van der Waals surface area contributed by atoms with Crippen LogP contribution in [0.1, 0.15) is 24.2 Å². The van der Waals surface area contributed by atoms with E-state index in [4.69, 9.17) is 4.74 Å². The number of hydrogen-bond donors (Lipinski definition) is 1. The van der Waals surface area contributed by atoms with Gasteiger partial charge in [-0.15, -0.1) is 15.3 Å². The van der Waals surface area contributed by atoms with Gasteiger partial charge in [0.2, 0.25) is 5.91 Å². The highest BCUT2D eigenvalue weighted by Crippen LogP contribution is 2.28. The average molecular weight is 448 g/mol. The molecule has 2 aromatic heterocycles. The number of aromatic nitrogens is 4. The number of piperidine rings is 1. The molecule has 4 rings (SSSR count). The first-order valence-corrected chi connectivity index (χ1v) is 10.3. The molecular weight excluding hydrogens is 425 g/mol. The van der Waals surface area contributed by atoms with Gasteiger partial charge in [-0.3, -0.25) is 4.79 Å². The lowest BCUT2D eigenvalue weighted by atomic mass is 9.96. The molecule has 3 aromatic rings. The van der Waals surface area contributed by atoms with Gasteiger partial charge in [-0.25, -0.2) is 0 Å². The van der Waals surface area contributed by atoms with Crippen LogP contribution in [0.3, 0.4) is 0 Å². The van der Waals surface area contributed by atoms with Crippen LogP contribution in [0.15, 0.2) is 36.4 Å². The quantitative estimate of drug-likeness (QED) is 0.624. The Morgan fingerprint density at radius 3 is 2.50 bits per heavy atom. The number of halogens is 3. The highest BCUT2D eigenvalue weighted by molar-refractivity contribution is 5.79. The Labute approximate surface area is 182 Å². The molecule has 32 heavy (non-hydrogen) atoms. The van der Waals surface area contributed by atoms with Crippen LogP contribution in [0.5, 0.6) is 5.75 Å². The number of anilines is 1. The summed E-state index contributed by atoms with van der Waals surface area (Å²) in [6.45, 7) is 1.59. The van der Waals surface area contributed by atoms with Crippen LogP contribution in [-0.2, 0) is 17.4 Å². The number of fused-ring (bicyclic) bond motifs is 1. The second kappa shape index (κ2) is 9.01. The number of methoxy groups -OCH3 is 1. The van der Waals surface area contributed by atoms with Crippen molar-refractivity contribution in [3.8, 4) is 5.75 Å². The minimum Gasteiger partial charge on any atom is -0.497 e. The molecule has 0 aliphatic carbocycles. The van der Waals surface area contributed by atoms with Crippen molar-refractivity contribution in [2.24, 2.45) is 5.92 Å². The van der Waals surface area contributed by atoms with Crippen molar-refractivity contribution in [2.45, 2.75) is 25.4 Å². The molecule has 1 fully saturated rings. The van der Waals surface area contributed by atoms with E-state index < -0.39 is 12.0 Å². The number of nitrogens with zero attached hydrogens (tertiary/aromatic N) is 5. The molecule has 1 aliphatic heterocycles. The SMILES string of the molecule is COc1ccc(CCNC(=O)C2CCN(c3ccc4nnc(C(F)(F)F)n4n3)CC2)cc1. The standard InChI is InChI=1S/C21H23F3N6O2/c1-32-16-4-2-14(3-5-16)8-11-25-19(31)15-9-12-29(13-10-15)18-7-6-17-26-27-20(21(22,23)24)30(17)28-18/h2-7,15H,8-13H2,1H3,(H,25,31). The van der Waals surface area contributed by atoms with Gasteiger partial charge < -0.3 is 15.0 Å². The minimum atomic E-state index is -4.64. The van der Waals surface area contributed by atoms with Crippen molar-refractivity contribution in [1.82, 2.24) is 25.1 Å². The van der Waals surface area contributed by atoms with Crippen LogP contribution < -0.4 is 15.0 Å². The number of hydrogen-bond acceptors (Lipinski definition) is 6. The van der Waals surface area contributed by atoms with E-state index in [2.05, 4.69) is 20.6 Å². The maximum Gasteiger partial charge on any atom is 0.453 e. The smallest absolute Gasteiger partial charge is 0.453 e. The Morgan fingerprint density at radius 2 is 1.84 bits per heavy atom. The van der Waals surface area contributed by atoms with E-state index in [-0.39, 0.29) is 17.5 Å². The van der Waals surface area contributed by atoms with Crippen molar-refractivity contribution in [1.29, 1.82) is 0 Å². The highest BCUT2D eigenvalue weighted by Gasteiger charge is 2.38. The number of rotatable bonds is 6. The van der Waals surface area contributed by atoms with E-state index in [1.54, 1.807) is 13.2 Å². The highest BCUT2D eigenvalue weighted by atomic mass is 19.4. The molecule has 8 nitrogen and oxygen atoms in total. The Morgan fingerprint density at radius 1 is 1.12 bits per heavy atom. The number of carbonyl (C=O) groups excluding carboxylic acids is 1. The Bertz CT molecular complexity index is 1080. The van der Waals surface area contributed by atoms with E-state index >= 15 is 0 Å². The summed E-state index contributed by atoms with van der Waals surface area (Å²) >= 11 is 0. The zero-order chi connectivity index (χ0) is 22.7. The van der Waals surface area contributed by atoms with Crippen molar-refractivity contribution in [3.05, 3.63) is 47.8 Å². The Balaban J connectivity index is 1.30. The van der Waals surface area contributed by atoms with E-state index in [1.807, 2.05) is 29.2 Å². The number of nitrogens with one attached hydrogen (secondary N) is 1. The third kappa shape index (κ3) is 4.76. The summed E-state index contributed by atoms with van der Waals surface area (Å²) in [6.07, 6.45) is -2.72. The topological polar surface area (TPSA) is 84.6 Å².